The van der Waals surface area contributed by atoms with Gasteiger partial charge in [-0.3, -0.25) is 0 Å². The van der Waals surface area contributed by atoms with E-state index in [2.05, 4.69) is 10.3 Å². The summed E-state index contributed by atoms with van der Waals surface area (Å²) in [5.41, 5.74) is 0.376. The van der Waals surface area contributed by atoms with E-state index in [-0.39, 0.29) is 17.9 Å². The lowest BCUT2D eigenvalue weighted by atomic mass is 10.1. The van der Waals surface area contributed by atoms with Crippen LogP contribution in [-0.2, 0) is 6.54 Å². The molecule has 1 unspecified atom stereocenters. The average Bonchev–Trinajstić information content (AvgIpc) is 2.83. The second-order valence-corrected chi connectivity index (χ2v) is 4.50. The number of aliphatic hydroxyl groups excluding tert-OH is 2. The van der Waals surface area contributed by atoms with Gasteiger partial charge in [-0.1, -0.05) is 35.0 Å². The van der Waals surface area contributed by atoms with Gasteiger partial charge in [0.25, 0.3) is 0 Å². The van der Waals surface area contributed by atoms with E-state index in [1.54, 1.807) is 24.3 Å². The van der Waals surface area contributed by atoms with E-state index in [1.165, 1.54) is 4.68 Å². The Morgan fingerprint density at radius 2 is 2.10 bits per heavy atom. The van der Waals surface area contributed by atoms with Crippen LogP contribution in [0.2, 0.25) is 5.02 Å². The molecule has 0 spiro atoms. The maximum Gasteiger partial charge on any atom is 0.358 e. The van der Waals surface area contributed by atoms with Gasteiger partial charge in [0.15, 0.2) is 5.69 Å². The second-order valence-electron chi connectivity index (χ2n) is 4.09. The molecule has 0 amide bonds. The highest BCUT2D eigenvalue weighted by Crippen LogP contribution is 2.29. The highest BCUT2D eigenvalue weighted by Gasteiger charge is 2.23. The number of aromatic carboxylic acids is 1. The van der Waals surface area contributed by atoms with Crippen LogP contribution >= 0.6 is 11.6 Å². The fourth-order valence-corrected chi connectivity index (χ4v) is 1.99. The predicted octanol–water partition coefficient (Wildman–Crippen LogP) is 0.650. The fraction of sp³-hybridized carbons (Fsp3) is 0.250. The van der Waals surface area contributed by atoms with Gasteiger partial charge in [-0.15, -0.1) is 5.10 Å². The summed E-state index contributed by atoms with van der Waals surface area (Å²) in [5.74, 6) is -1.25. The number of carboxylic acids is 1. The molecule has 8 heteroatoms. The van der Waals surface area contributed by atoms with Crippen molar-refractivity contribution in [1.29, 1.82) is 0 Å². The first-order chi connectivity index (χ1) is 9.54. The summed E-state index contributed by atoms with van der Waals surface area (Å²) in [6.07, 6.45) is -1.07. The molecule has 0 fully saturated rings. The zero-order valence-electron chi connectivity index (χ0n) is 10.3. The van der Waals surface area contributed by atoms with Crippen molar-refractivity contribution in [2.75, 3.05) is 6.61 Å². The Kier molecular flexibility index (Phi) is 4.33. The number of hydrogen-bond acceptors (Lipinski definition) is 5. The van der Waals surface area contributed by atoms with E-state index in [0.29, 0.717) is 10.6 Å². The first-order valence-corrected chi connectivity index (χ1v) is 6.13. The topological polar surface area (TPSA) is 108 Å². The van der Waals surface area contributed by atoms with E-state index >= 15 is 0 Å². The van der Waals surface area contributed by atoms with Crippen molar-refractivity contribution in [1.82, 2.24) is 15.0 Å². The van der Waals surface area contributed by atoms with Gasteiger partial charge in [0.2, 0.25) is 0 Å². The fourth-order valence-electron chi connectivity index (χ4n) is 1.76. The van der Waals surface area contributed by atoms with Crippen molar-refractivity contribution < 1.29 is 20.1 Å². The quantitative estimate of drug-likeness (QED) is 0.748. The number of aliphatic hydroxyl groups is 2. The van der Waals surface area contributed by atoms with Gasteiger partial charge in [0.05, 0.1) is 24.3 Å². The third-order valence-electron chi connectivity index (χ3n) is 2.66. The van der Waals surface area contributed by atoms with Gasteiger partial charge >= 0.3 is 5.97 Å². The Balaban J connectivity index is 2.56. The summed E-state index contributed by atoms with van der Waals surface area (Å²) in [7, 11) is 0. The molecule has 1 aromatic carbocycles. The van der Waals surface area contributed by atoms with Crippen LogP contribution < -0.4 is 0 Å². The van der Waals surface area contributed by atoms with Crippen LogP contribution in [-0.4, -0.2) is 49.0 Å². The Hall–Kier alpha value is -1.96. The van der Waals surface area contributed by atoms with Gasteiger partial charge in [-0.05, 0) is 6.07 Å². The minimum atomic E-state index is -1.25. The molecular formula is C12H12ClN3O4. The number of hydrogen-bond donors (Lipinski definition) is 3. The molecule has 1 aromatic heterocycles. The summed E-state index contributed by atoms with van der Waals surface area (Å²) in [6.45, 7) is -0.554. The molecule has 2 rings (SSSR count). The largest absolute Gasteiger partial charge is 0.476 e. The smallest absolute Gasteiger partial charge is 0.358 e. The van der Waals surface area contributed by atoms with Crippen LogP contribution in [0.1, 0.15) is 10.5 Å². The maximum absolute atomic E-state index is 11.2. The number of rotatable bonds is 5. The third kappa shape index (κ3) is 2.79. The normalized spacial score (nSPS) is 12.3. The van der Waals surface area contributed by atoms with E-state index in [0.717, 1.165) is 0 Å². The molecule has 1 atom stereocenters. The molecule has 0 aliphatic rings. The molecular weight excluding hydrogens is 286 g/mol. The van der Waals surface area contributed by atoms with Crippen molar-refractivity contribution in [2.45, 2.75) is 12.6 Å². The third-order valence-corrected chi connectivity index (χ3v) is 2.99. The SMILES string of the molecule is O=C(O)c1nnn(CC(O)CO)c1-c1ccccc1Cl. The van der Waals surface area contributed by atoms with Crippen LogP contribution in [0.4, 0.5) is 0 Å². The molecule has 0 radical (unpaired) electrons. The van der Waals surface area contributed by atoms with Crippen molar-refractivity contribution in [3.8, 4) is 11.3 Å². The van der Waals surface area contributed by atoms with Crippen LogP contribution in [0.5, 0.6) is 0 Å². The molecule has 0 aliphatic heterocycles. The average molecular weight is 298 g/mol. The zero-order valence-corrected chi connectivity index (χ0v) is 11.0. The van der Waals surface area contributed by atoms with Gasteiger partial charge in [0, 0.05) is 5.56 Å². The highest BCUT2D eigenvalue weighted by atomic mass is 35.5. The lowest BCUT2D eigenvalue weighted by Gasteiger charge is -2.11. The van der Waals surface area contributed by atoms with E-state index in [1.807, 2.05) is 0 Å². The summed E-state index contributed by atoms with van der Waals surface area (Å²) in [5, 5.41) is 35.1. The molecule has 1 heterocycles. The van der Waals surface area contributed by atoms with Crippen LogP contribution in [0, 0.1) is 0 Å². The molecule has 20 heavy (non-hydrogen) atoms. The van der Waals surface area contributed by atoms with Gasteiger partial charge in [-0.25, -0.2) is 9.48 Å². The van der Waals surface area contributed by atoms with Gasteiger partial charge < -0.3 is 15.3 Å². The van der Waals surface area contributed by atoms with Crippen LogP contribution in [0.15, 0.2) is 24.3 Å². The van der Waals surface area contributed by atoms with Crippen molar-refractivity contribution in [2.24, 2.45) is 0 Å². The first kappa shape index (κ1) is 14.4. The molecule has 0 bridgehead atoms. The summed E-state index contributed by atoms with van der Waals surface area (Å²) in [4.78, 5) is 11.2. The molecule has 7 nitrogen and oxygen atoms in total. The van der Waals surface area contributed by atoms with Crippen molar-refractivity contribution in [3.05, 3.63) is 35.0 Å². The van der Waals surface area contributed by atoms with Crippen molar-refractivity contribution in [3.63, 3.8) is 0 Å². The van der Waals surface area contributed by atoms with E-state index in [4.69, 9.17) is 21.8 Å². The molecule has 2 aromatic rings. The number of nitrogens with zero attached hydrogens (tertiary/aromatic N) is 3. The van der Waals surface area contributed by atoms with Crippen molar-refractivity contribution >= 4 is 17.6 Å². The lowest BCUT2D eigenvalue weighted by Crippen LogP contribution is -2.21. The molecule has 0 saturated carbocycles. The van der Waals surface area contributed by atoms with Crippen LogP contribution in [0.3, 0.4) is 0 Å². The number of carbonyl (C=O) groups is 1. The summed E-state index contributed by atoms with van der Waals surface area (Å²) < 4.78 is 1.21. The Morgan fingerprint density at radius 3 is 2.70 bits per heavy atom. The zero-order chi connectivity index (χ0) is 14.7. The lowest BCUT2D eigenvalue weighted by molar-refractivity contribution is 0.0690. The number of aromatic nitrogens is 3. The molecule has 106 valence electrons. The number of carboxylic acid groups (broad SMARTS) is 1. The number of halogens is 1. The van der Waals surface area contributed by atoms with E-state index < -0.39 is 18.7 Å². The molecule has 0 saturated heterocycles. The van der Waals surface area contributed by atoms with Gasteiger partial charge in [-0.2, -0.15) is 0 Å². The predicted molar refractivity (Wildman–Crippen MR) is 70.5 cm³/mol. The minimum Gasteiger partial charge on any atom is -0.476 e. The van der Waals surface area contributed by atoms with Crippen LogP contribution in [0.25, 0.3) is 11.3 Å². The highest BCUT2D eigenvalue weighted by molar-refractivity contribution is 6.33. The molecule has 3 N–H and O–H groups in total. The Labute approximate surface area is 119 Å². The first-order valence-electron chi connectivity index (χ1n) is 5.75. The second kappa shape index (κ2) is 6.00. The Morgan fingerprint density at radius 1 is 1.40 bits per heavy atom. The minimum absolute atomic E-state index is 0.0860. The summed E-state index contributed by atoms with van der Waals surface area (Å²) in [6, 6.07) is 6.66. The Bertz CT molecular complexity index is 629. The monoisotopic (exact) mass is 297 g/mol. The maximum atomic E-state index is 11.2. The van der Waals surface area contributed by atoms with Gasteiger partial charge in [0.1, 0.15) is 5.69 Å². The molecule has 0 aliphatic carbocycles. The van der Waals surface area contributed by atoms with E-state index in [9.17, 15) is 9.90 Å². The standard InChI is InChI=1S/C12H12ClN3O4/c13-9-4-2-1-3-8(9)11-10(12(19)20)14-15-16(11)5-7(18)6-17/h1-4,7,17-18H,5-6H2,(H,19,20). The number of benzene rings is 1. The summed E-state index contributed by atoms with van der Waals surface area (Å²) >= 11 is 6.06.